The topological polar surface area (TPSA) is 67.2 Å². The fourth-order valence-electron chi connectivity index (χ4n) is 1.95. The molecule has 3 rings (SSSR count). The van der Waals surface area contributed by atoms with Gasteiger partial charge in [0, 0.05) is 17.4 Å². The van der Waals surface area contributed by atoms with Crippen LogP contribution in [0.5, 0.6) is 0 Å². The van der Waals surface area contributed by atoms with Crippen molar-refractivity contribution in [3.8, 4) is 0 Å². The molecule has 2 aromatic carbocycles. The highest BCUT2D eigenvalue weighted by Crippen LogP contribution is 2.18. The van der Waals surface area contributed by atoms with Crippen LogP contribution in [0.3, 0.4) is 0 Å². The van der Waals surface area contributed by atoms with Gasteiger partial charge in [0.1, 0.15) is 5.52 Å². The predicted octanol–water partition coefficient (Wildman–Crippen LogP) is 3.78. The number of fused-ring (bicyclic) bond motifs is 1. The van der Waals surface area contributed by atoms with Gasteiger partial charge in [0.2, 0.25) is 0 Å². The van der Waals surface area contributed by atoms with Crippen LogP contribution < -0.4 is 10.6 Å². The lowest BCUT2D eigenvalue weighted by Gasteiger charge is -2.08. The summed E-state index contributed by atoms with van der Waals surface area (Å²) in [6.45, 7) is 1.97. The summed E-state index contributed by atoms with van der Waals surface area (Å²) in [5, 5.41) is 5.53. The average molecular weight is 267 g/mol. The summed E-state index contributed by atoms with van der Waals surface area (Å²) >= 11 is 0. The molecule has 3 aromatic rings. The molecule has 0 fully saturated rings. The van der Waals surface area contributed by atoms with Crippen LogP contribution in [0.2, 0.25) is 0 Å². The Kier molecular flexibility index (Phi) is 3.09. The van der Waals surface area contributed by atoms with Crippen molar-refractivity contribution >= 4 is 28.5 Å². The summed E-state index contributed by atoms with van der Waals surface area (Å²) in [6, 6.07) is 12.6. The van der Waals surface area contributed by atoms with Gasteiger partial charge in [-0.1, -0.05) is 12.1 Å². The van der Waals surface area contributed by atoms with Crippen molar-refractivity contribution in [2.75, 3.05) is 10.6 Å². The molecule has 5 heteroatoms. The van der Waals surface area contributed by atoms with Gasteiger partial charge in [-0.15, -0.1) is 0 Å². The summed E-state index contributed by atoms with van der Waals surface area (Å²) in [4.78, 5) is 15.9. The second kappa shape index (κ2) is 5.05. The van der Waals surface area contributed by atoms with Gasteiger partial charge >= 0.3 is 6.03 Å². The molecule has 0 saturated heterocycles. The number of amides is 2. The zero-order chi connectivity index (χ0) is 13.9. The fourth-order valence-corrected chi connectivity index (χ4v) is 1.95. The molecule has 0 saturated carbocycles. The third-order valence-electron chi connectivity index (χ3n) is 2.87. The SMILES string of the molecule is Cc1cccc(NC(=O)Nc2ccc3ncoc3c2)c1. The number of oxazole rings is 1. The summed E-state index contributed by atoms with van der Waals surface area (Å²) < 4.78 is 5.19. The van der Waals surface area contributed by atoms with Crippen LogP contribution in [0.4, 0.5) is 16.2 Å². The fraction of sp³-hybridized carbons (Fsp3) is 0.0667. The predicted molar refractivity (Wildman–Crippen MR) is 77.8 cm³/mol. The molecule has 1 heterocycles. The van der Waals surface area contributed by atoms with Crippen molar-refractivity contribution in [1.29, 1.82) is 0 Å². The quantitative estimate of drug-likeness (QED) is 0.742. The number of aryl methyl sites for hydroxylation is 1. The highest BCUT2D eigenvalue weighted by Gasteiger charge is 2.05. The molecular weight excluding hydrogens is 254 g/mol. The van der Waals surface area contributed by atoms with Gasteiger partial charge in [-0.05, 0) is 36.8 Å². The van der Waals surface area contributed by atoms with E-state index in [-0.39, 0.29) is 6.03 Å². The smallest absolute Gasteiger partial charge is 0.323 e. The Bertz CT molecular complexity index is 764. The number of nitrogens with zero attached hydrogens (tertiary/aromatic N) is 1. The summed E-state index contributed by atoms with van der Waals surface area (Å²) in [5.41, 5.74) is 3.89. The highest BCUT2D eigenvalue weighted by atomic mass is 16.3. The molecule has 0 bridgehead atoms. The number of aromatic nitrogens is 1. The molecule has 0 aliphatic carbocycles. The maximum Gasteiger partial charge on any atom is 0.323 e. The van der Waals surface area contributed by atoms with Crippen molar-refractivity contribution < 1.29 is 9.21 Å². The van der Waals surface area contributed by atoms with Crippen LogP contribution in [0.1, 0.15) is 5.56 Å². The first-order valence-electron chi connectivity index (χ1n) is 6.19. The Balaban J connectivity index is 1.72. The van der Waals surface area contributed by atoms with Crippen molar-refractivity contribution in [2.45, 2.75) is 6.92 Å². The molecule has 0 spiro atoms. The third kappa shape index (κ3) is 2.61. The van der Waals surface area contributed by atoms with Gasteiger partial charge in [0.15, 0.2) is 12.0 Å². The van der Waals surface area contributed by atoms with Crippen molar-refractivity contribution in [2.24, 2.45) is 0 Å². The van der Waals surface area contributed by atoms with E-state index in [0.717, 1.165) is 16.8 Å². The monoisotopic (exact) mass is 267 g/mol. The van der Waals surface area contributed by atoms with E-state index in [1.54, 1.807) is 18.2 Å². The summed E-state index contributed by atoms with van der Waals surface area (Å²) in [7, 11) is 0. The van der Waals surface area contributed by atoms with Crippen LogP contribution in [-0.2, 0) is 0 Å². The molecule has 0 radical (unpaired) electrons. The number of hydrogen-bond donors (Lipinski definition) is 2. The zero-order valence-corrected chi connectivity index (χ0v) is 10.9. The minimum Gasteiger partial charge on any atom is -0.443 e. The Morgan fingerprint density at radius 2 is 1.90 bits per heavy atom. The van der Waals surface area contributed by atoms with E-state index < -0.39 is 0 Å². The minimum atomic E-state index is -0.297. The molecule has 0 aliphatic rings. The average Bonchev–Trinajstić information content (AvgIpc) is 2.86. The first-order valence-corrected chi connectivity index (χ1v) is 6.19. The van der Waals surface area contributed by atoms with Crippen LogP contribution in [0, 0.1) is 6.92 Å². The maximum atomic E-state index is 11.9. The van der Waals surface area contributed by atoms with E-state index in [2.05, 4.69) is 15.6 Å². The molecule has 0 atom stereocenters. The van der Waals surface area contributed by atoms with Crippen LogP contribution in [0.25, 0.3) is 11.1 Å². The zero-order valence-electron chi connectivity index (χ0n) is 10.9. The number of urea groups is 1. The third-order valence-corrected chi connectivity index (χ3v) is 2.87. The van der Waals surface area contributed by atoms with Crippen molar-refractivity contribution in [3.05, 3.63) is 54.4 Å². The van der Waals surface area contributed by atoms with Gasteiger partial charge in [0.25, 0.3) is 0 Å². The number of nitrogens with one attached hydrogen (secondary N) is 2. The van der Waals surface area contributed by atoms with E-state index in [1.807, 2.05) is 31.2 Å². The van der Waals surface area contributed by atoms with Crippen LogP contribution in [0.15, 0.2) is 53.3 Å². The molecule has 20 heavy (non-hydrogen) atoms. The van der Waals surface area contributed by atoms with Gasteiger partial charge in [-0.25, -0.2) is 9.78 Å². The lowest BCUT2D eigenvalue weighted by molar-refractivity contribution is 0.262. The van der Waals surface area contributed by atoms with Crippen LogP contribution >= 0.6 is 0 Å². The Labute approximate surface area is 115 Å². The molecular formula is C15H13N3O2. The first kappa shape index (κ1) is 12.2. The van der Waals surface area contributed by atoms with Crippen LogP contribution in [-0.4, -0.2) is 11.0 Å². The first-order chi connectivity index (χ1) is 9.70. The molecule has 2 amide bonds. The Morgan fingerprint density at radius 1 is 1.10 bits per heavy atom. The van der Waals surface area contributed by atoms with E-state index in [1.165, 1.54) is 6.39 Å². The number of carbonyl (C=O) groups excluding carboxylic acids is 1. The van der Waals surface area contributed by atoms with Gasteiger partial charge in [0.05, 0.1) is 0 Å². The molecule has 1 aromatic heterocycles. The van der Waals surface area contributed by atoms with Crippen molar-refractivity contribution in [3.63, 3.8) is 0 Å². The summed E-state index contributed by atoms with van der Waals surface area (Å²) in [5.74, 6) is 0. The second-order valence-electron chi connectivity index (χ2n) is 4.48. The number of hydrogen-bond acceptors (Lipinski definition) is 3. The molecule has 100 valence electrons. The number of anilines is 2. The van der Waals surface area contributed by atoms with E-state index >= 15 is 0 Å². The largest absolute Gasteiger partial charge is 0.443 e. The molecule has 5 nitrogen and oxygen atoms in total. The molecule has 2 N–H and O–H groups in total. The minimum absolute atomic E-state index is 0.297. The maximum absolute atomic E-state index is 11.9. The van der Waals surface area contributed by atoms with Crippen molar-refractivity contribution in [1.82, 2.24) is 4.98 Å². The lowest BCUT2D eigenvalue weighted by atomic mass is 10.2. The van der Waals surface area contributed by atoms with E-state index in [4.69, 9.17) is 4.42 Å². The Morgan fingerprint density at radius 3 is 2.70 bits per heavy atom. The highest BCUT2D eigenvalue weighted by molar-refractivity contribution is 6.00. The summed E-state index contributed by atoms with van der Waals surface area (Å²) in [6.07, 6.45) is 1.38. The molecule has 0 aliphatic heterocycles. The Hall–Kier alpha value is -2.82. The van der Waals surface area contributed by atoms with Gasteiger partial charge < -0.3 is 15.1 Å². The standard InChI is InChI=1S/C15H13N3O2/c1-10-3-2-4-11(7-10)17-15(19)18-12-5-6-13-14(8-12)20-9-16-13/h2-9H,1H3,(H2,17,18,19). The van der Waals surface area contributed by atoms with E-state index in [0.29, 0.717) is 11.3 Å². The lowest BCUT2D eigenvalue weighted by Crippen LogP contribution is -2.19. The number of benzene rings is 2. The molecule has 0 unspecified atom stereocenters. The van der Waals surface area contributed by atoms with E-state index in [9.17, 15) is 4.79 Å². The second-order valence-corrected chi connectivity index (χ2v) is 4.48. The number of carbonyl (C=O) groups is 1. The number of rotatable bonds is 2. The van der Waals surface area contributed by atoms with Gasteiger partial charge in [-0.3, -0.25) is 0 Å². The van der Waals surface area contributed by atoms with Gasteiger partial charge in [-0.2, -0.15) is 0 Å². The normalized spacial score (nSPS) is 10.4.